The van der Waals surface area contributed by atoms with E-state index in [-0.39, 0.29) is 17.2 Å². The fraction of sp³-hybridized carbons (Fsp3) is 0.391. The monoisotopic (exact) mass is 437 g/mol. The highest BCUT2D eigenvalue weighted by Gasteiger charge is 2.24. The molecule has 168 valence electrons. The first-order chi connectivity index (χ1) is 15.4. The van der Waals surface area contributed by atoms with E-state index in [9.17, 15) is 9.59 Å². The maximum atomic E-state index is 12.3. The van der Waals surface area contributed by atoms with Gasteiger partial charge in [-0.15, -0.1) is 0 Å². The molecular weight excluding hydrogens is 410 g/mol. The first kappa shape index (κ1) is 21.6. The van der Waals surface area contributed by atoms with Gasteiger partial charge in [0.2, 0.25) is 5.91 Å². The van der Waals surface area contributed by atoms with Crippen molar-refractivity contribution in [2.24, 2.45) is 0 Å². The minimum Gasteiger partial charge on any atom is -0.486 e. The van der Waals surface area contributed by atoms with Crippen molar-refractivity contribution < 1.29 is 19.1 Å². The Morgan fingerprint density at radius 2 is 1.78 bits per heavy atom. The predicted octanol–water partition coefficient (Wildman–Crippen LogP) is 2.33. The fourth-order valence-corrected chi connectivity index (χ4v) is 3.51. The Bertz CT molecular complexity index is 1120. The second-order valence-electron chi connectivity index (χ2n) is 8.41. The summed E-state index contributed by atoms with van der Waals surface area (Å²) >= 11 is 0. The molecule has 9 heteroatoms. The highest BCUT2D eigenvalue weighted by Crippen LogP contribution is 2.34. The van der Waals surface area contributed by atoms with Crippen molar-refractivity contribution in [3.05, 3.63) is 47.5 Å². The lowest BCUT2D eigenvalue weighted by Crippen LogP contribution is -2.37. The van der Waals surface area contributed by atoms with Crippen molar-refractivity contribution in [3.8, 4) is 11.5 Å². The number of H-pyrrole nitrogens is 1. The molecule has 0 spiro atoms. The van der Waals surface area contributed by atoms with E-state index in [2.05, 4.69) is 39.9 Å². The van der Waals surface area contributed by atoms with Crippen LogP contribution in [0.25, 0.3) is 11.0 Å². The average molecular weight is 438 g/mol. The number of aromatic amines is 1. The molecule has 0 atom stereocenters. The van der Waals surface area contributed by atoms with E-state index in [1.54, 1.807) is 18.2 Å². The third-order valence-corrected chi connectivity index (χ3v) is 5.50. The largest absolute Gasteiger partial charge is 0.486 e. The first-order valence-corrected chi connectivity index (χ1v) is 10.7. The summed E-state index contributed by atoms with van der Waals surface area (Å²) in [6, 6.07) is 11.0. The van der Waals surface area contributed by atoms with Crippen molar-refractivity contribution in [2.75, 3.05) is 26.3 Å². The number of hydrogen-bond donors (Lipinski definition) is 3. The van der Waals surface area contributed by atoms with Gasteiger partial charge in [0.1, 0.15) is 24.2 Å². The normalized spacial score (nSPS) is 13.1. The van der Waals surface area contributed by atoms with Crippen molar-refractivity contribution in [3.63, 3.8) is 0 Å². The van der Waals surface area contributed by atoms with E-state index in [0.29, 0.717) is 55.7 Å². The van der Waals surface area contributed by atoms with Crippen LogP contribution in [0.3, 0.4) is 0 Å². The Labute approximate surface area is 185 Å². The minimum absolute atomic E-state index is 0.0473. The van der Waals surface area contributed by atoms with Gasteiger partial charge in [-0.25, -0.2) is 0 Å². The lowest BCUT2D eigenvalue weighted by Gasteiger charge is -2.28. The third-order valence-electron chi connectivity index (χ3n) is 5.50. The third kappa shape index (κ3) is 4.99. The van der Waals surface area contributed by atoms with Gasteiger partial charge in [0, 0.05) is 30.5 Å². The van der Waals surface area contributed by atoms with Crippen LogP contribution in [0.15, 0.2) is 36.4 Å². The van der Waals surface area contributed by atoms with Gasteiger partial charge in [0.15, 0.2) is 11.5 Å². The number of aromatic nitrogens is 3. The highest BCUT2D eigenvalue weighted by atomic mass is 16.6. The molecule has 2 heterocycles. The smallest absolute Gasteiger partial charge is 0.251 e. The number of nitrogens with one attached hydrogen (secondary N) is 3. The Hall–Kier alpha value is -3.62. The van der Waals surface area contributed by atoms with E-state index >= 15 is 0 Å². The maximum absolute atomic E-state index is 12.3. The lowest BCUT2D eigenvalue weighted by atomic mass is 9.84. The average Bonchev–Trinajstić information content (AvgIpc) is 3.28. The van der Waals surface area contributed by atoms with Gasteiger partial charge < -0.3 is 20.1 Å². The molecule has 3 N–H and O–H groups in total. The number of hydrogen-bond acceptors (Lipinski definition) is 6. The Morgan fingerprint density at radius 3 is 2.62 bits per heavy atom. The number of amides is 2. The summed E-state index contributed by atoms with van der Waals surface area (Å²) in [6.45, 7) is 6.15. The highest BCUT2D eigenvalue weighted by molar-refractivity contribution is 5.97. The molecule has 9 nitrogen and oxygen atoms in total. The summed E-state index contributed by atoms with van der Waals surface area (Å²) in [5.41, 5.74) is 2.66. The van der Waals surface area contributed by atoms with Gasteiger partial charge in [-0.1, -0.05) is 19.9 Å². The Kier molecular flexibility index (Phi) is 6.25. The molecule has 0 saturated heterocycles. The van der Waals surface area contributed by atoms with Gasteiger partial charge in [0.25, 0.3) is 5.91 Å². The predicted molar refractivity (Wildman–Crippen MR) is 119 cm³/mol. The van der Waals surface area contributed by atoms with Crippen LogP contribution in [0.5, 0.6) is 11.5 Å². The van der Waals surface area contributed by atoms with Gasteiger partial charge in [0.05, 0.1) is 0 Å². The molecule has 0 saturated carbocycles. The number of fused-ring (bicyclic) bond motifs is 2. The van der Waals surface area contributed by atoms with Crippen molar-refractivity contribution in [1.82, 2.24) is 26.0 Å². The molecule has 1 aromatic heterocycles. The van der Waals surface area contributed by atoms with Crippen molar-refractivity contribution in [1.29, 1.82) is 0 Å². The summed E-state index contributed by atoms with van der Waals surface area (Å²) < 4.78 is 11.2. The van der Waals surface area contributed by atoms with Crippen LogP contribution in [-0.4, -0.2) is 53.5 Å². The van der Waals surface area contributed by atoms with E-state index in [1.165, 1.54) is 0 Å². The summed E-state index contributed by atoms with van der Waals surface area (Å²) in [5.74, 6) is 1.25. The quantitative estimate of drug-likeness (QED) is 0.466. The standard InChI is InChI=1S/C23H27N5O4/c1-23(2,16-6-8-19-20(13-16)32-11-10-31-19)14-25-21(29)4-3-9-24-22(30)15-5-7-17-18(12-15)27-28-26-17/h5-8,12-13H,3-4,9-11,14H2,1-2H3,(H,24,30)(H,25,29)(H,26,27,28). The lowest BCUT2D eigenvalue weighted by molar-refractivity contribution is -0.121. The molecule has 0 fully saturated rings. The summed E-state index contributed by atoms with van der Waals surface area (Å²) in [6.07, 6.45) is 0.883. The molecule has 0 bridgehead atoms. The van der Waals surface area contributed by atoms with Crippen molar-refractivity contribution in [2.45, 2.75) is 32.1 Å². The zero-order valence-electron chi connectivity index (χ0n) is 18.2. The van der Waals surface area contributed by atoms with Crippen LogP contribution < -0.4 is 20.1 Å². The number of rotatable bonds is 8. The summed E-state index contributed by atoms with van der Waals surface area (Å²) in [4.78, 5) is 24.6. The number of carbonyl (C=O) groups is 2. The summed E-state index contributed by atoms with van der Waals surface area (Å²) in [5, 5.41) is 16.3. The second kappa shape index (κ2) is 9.25. The number of carbonyl (C=O) groups excluding carboxylic acids is 2. The maximum Gasteiger partial charge on any atom is 0.251 e. The number of ether oxygens (including phenoxy) is 2. The topological polar surface area (TPSA) is 118 Å². The van der Waals surface area contributed by atoms with Gasteiger partial charge >= 0.3 is 0 Å². The Morgan fingerprint density at radius 1 is 1.00 bits per heavy atom. The molecule has 0 unspecified atom stereocenters. The molecule has 2 amide bonds. The van der Waals surface area contributed by atoms with E-state index < -0.39 is 0 Å². The molecule has 4 rings (SSSR count). The minimum atomic E-state index is -0.264. The second-order valence-corrected chi connectivity index (χ2v) is 8.41. The van der Waals surface area contributed by atoms with Gasteiger partial charge in [-0.05, 0) is 42.3 Å². The number of benzene rings is 2. The van der Waals surface area contributed by atoms with Gasteiger partial charge in [-0.3, -0.25) is 9.59 Å². The van der Waals surface area contributed by atoms with Crippen LogP contribution in [0.4, 0.5) is 0 Å². The van der Waals surface area contributed by atoms with E-state index in [0.717, 1.165) is 17.1 Å². The molecule has 2 aromatic carbocycles. The summed E-state index contributed by atoms with van der Waals surface area (Å²) in [7, 11) is 0. The zero-order valence-corrected chi connectivity index (χ0v) is 18.2. The van der Waals surface area contributed by atoms with E-state index in [4.69, 9.17) is 9.47 Å². The molecule has 0 aliphatic carbocycles. The van der Waals surface area contributed by atoms with Crippen molar-refractivity contribution >= 4 is 22.8 Å². The zero-order chi connectivity index (χ0) is 22.6. The first-order valence-electron chi connectivity index (χ1n) is 10.7. The van der Waals surface area contributed by atoms with Crippen LogP contribution in [0.1, 0.15) is 42.6 Å². The van der Waals surface area contributed by atoms with Crippen LogP contribution in [0, 0.1) is 0 Å². The van der Waals surface area contributed by atoms with Crippen LogP contribution >= 0.6 is 0 Å². The molecule has 0 radical (unpaired) electrons. The van der Waals surface area contributed by atoms with Crippen LogP contribution in [-0.2, 0) is 10.2 Å². The van der Waals surface area contributed by atoms with Gasteiger partial charge in [-0.2, -0.15) is 15.4 Å². The molecule has 3 aromatic rings. The molecule has 1 aliphatic rings. The van der Waals surface area contributed by atoms with E-state index in [1.807, 2.05) is 18.2 Å². The molecule has 32 heavy (non-hydrogen) atoms. The number of nitrogens with zero attached hydrogens (tertiary/aromatic N) is 2. The SMILES string of the molecule is CC(C)(CNC(=O)CCCNC(=O)c1ccc2n[nH]nc2c1)c1ccc2c(c1)OCCO2. The Balaban J connectivity index is 1.20. The fourth-order valence-electron chi connectivity index (χ4n) is 3.51. The molecular formula is C23H27N5O4. The van der Waals surface area contributed by atoms with Crippen LogP contribution in [0.2, 0.25) is 0 Å². The molecule has 1 aliphatic heterocycles.